The van der Waals surface area contributed by atoms with Gasteiger partial charge in [0.25, 0.3) is 0 Å². The van der Waals surface area contributed by atoms with Gasteiger partial charge in [-0.3, -0.25) is 19.2 Å². The fourth-order valence-corrected chi connectivity index (χ4v) is 3.71. The molecule has 0 unspecified atom stereocenters. The van der Waals surface area contributed by atoms with Gasteiger partial charge in [-0.1, -0.05) is 0 Å². The smallest absolute Gasteiger partial charge is 0.242 e. The van der Waals surface area contributed by atoms with Crippen LogP contribution < -0.4 is 16.8 Å². The summed E-state index contributed by atoms with van der Waals surface area (Å²) in [5.74, 6) is -2.66. The average molecular weight is 413 g/mol. The molecule has 7 N–H and O–H groups in total. The first kappa shape index (κ1) is 23.0. The van der Waals surface area contributed by atoms with Crippen LogP contribution in [0.2, 0.25) is 0 Å². The third-order valence-corrected chi connectivity index (χ3v) is 5.61. The molecule has 2 heterocycles. The van der Waals surface area contributed by atoms with E-state index < -0.39 is 42.0 Å². The number of hydrogen-bond acceptors (Lipinski definition) is 7. The Morgan fingerprint density at radius 1 is 0.966 bits per heavy atom. The van der Waals surface area contributed by atoms with E-state index in [0.29, 0.717) is 25.9 Å². The van der Waals surface area contributed by atoms with Crippen LogP contribution in [0.3, 0.4) is 0 Å². The first-order valence-electron chi connectivity index (χ1n) is 9.81. The molecule has 0 radical (unpaired) electrons. The van der Waals surface area contributed by atoms with E-state index in [1.165, 1.54) is 18.7 Å². The van der Waals surface area contributed by atoms with Gasteiger partial charge in [0.1, 0.15) is 12.1 Å². The number of nitrogens with one attached hydrogen (secondary N) is 1. The Balaban J connectivity index is 1.88. The van der Waals surface area contributed by atoms with Crippen molar-refractivity contribution in [1.29, 1.82) is 0 Å². The molecule has 2 rings (SSSR count). The van der Waals surface area contributed by atoms with Crippen LogP contribution in [-0.4, -0.2) is 94.1 Å². The van der Waals surface area contributed by atoms with Crippen LogP contribution in [0.5, 0.6) is 0 Å². The molecule has 11 heteroatoms. The van der Waals surface area contributed by atoms with E-state index in [1.54, 1.807) is 4.90 Å². The molecule has 6 atom stereocenters. The highest BCUT2D eigenvalue weighted by Gasteiger charge is 2.39. The molecule has 2 aliphatic rings. The first-order chi connectivity index (χ1) is 13.5. The number of carbonyl (C=O) groups is 4. The average Bonchev–Trinajstić information content (AvgIpc) is 3.33. The first-order valence-corrected chi connectivity index (χ1v) is 9.81. The summed E-state index contributed by atoms with van der Waals surface area (Å²) in [6.07, 6.45) is -1.16. The summed E-state index contributed by atoms with van der Waals surface area (Å²) in [5.41, 5.74) is 10.9. The van der Waals surface area contributed by atoms with Crippen molar-refractivity contribution in [3.05, 3.63) is 0 Å². The zero-order valence-electron chi connectivity index (χ0n) is 16.8. The summed E-state index contributed by atoms with van der Waals surface area (Å²) in [5, 5.41) is 21.5. The SMILES string of the molecule is C[C@@H](O)[C@H](N)C(=O)N1CC[C@@H](C(=O)N2CC[C@@H](C(=O)N[C@H](C(N)=O)[C@@H](C)O)C2)C1. The number of aliphatic hydroxyl groups is 2. The number of hydrogen-bond donors (Lipinski definition) is 5. The van der Waals surface area contributed by atoms with Gasteiger partial charge >= 0.3 is 0 Å². The molecule has 0 spiro atoms. The van der Waals surface area contributed by atoms with Gasteiger partial charge in [-0.2, -0.15) is 0 Å². The minimum atomic E-state index is -1.18. The van der Waals surface area contributed by atoms with Gasteiger partial charge in [-0.25, -0.2) is 0 Å². The van der Waals surface area contributed by atoms with Crippen molar-refractivity contribution in [2.75, 3.05) is 26.2 Å². The molecule has 2 fully saturated rings. The molecule has 0 bridgehead atoms. The number of primary amides is 1. The molecule has 2 saturated heterocycles. The van der Waals surface area contributed by atoms with Crippen LogP contribution in [0.1, 0.15) is 26.7 Å². The van der Waals surface area contributed by atoms with Gasteiger partial charge in [0.15, 0.2) is 0 Å². The summed E-state index contributed by atoms with van der Waals surface area (Å²) < 4.78 is 0. The summed E-state index contributed by atoms with van der Waals surface area (Å²) in [6.45, 7) is 4.02. The largest absolute Gasteiger partial charge is 0.391 e. The van der Waals surface area contributed by atoms with E-state index in [1.807, 2.05) is 0 Å². The van der Waals surface area contributed by atoms with Gasteiger partial charge in [0.05, 0.1) is 24.0 Å². The Hall–Kier alpha value is -2.24. The van der Waals surface area contributed by atoms with E-state index in [2.05, 4.69) is 5.32 Å². The van der Waals surface area contributed by atoms with E-state index >= 15 is 0 Å². The molecule has 11 nitrogen and oxygen atoms in total. The summed E-state index contributed by atoms with van der Waals surface area (Å²) in [7, 11) is 0. The van der Waals surface area contributed by atoms with Gasteiger partial charge in [-0.05, 0) is 26.7 Å². The Morgan fingerprint density at radius 2 is 1.52 bits per heavy atom. The lowest BCUT2D eigenvalue weighted by Gasteiger charge is -2.24. The van der Waals surface area contributed by atoms with Crippen molar-refractivity contribution in [3.63, 3.8) is 0 Å². The Kier molecular flexibility index (Phi) is 7.55. The molecular formula is C18H31N5O6. The van der Waals surface area contributed by atoms with Crippen molar-refractivity contribution >= 4 is 23.6 Å². The molecule has 0 aromatic carbocycles. The van der Waals surface area contributed by atoms with Crippen LogP contribution in [0.25, 0.3) is 0 Å². The zero-order valence-corrected chi connectivity index (χ0v) is 16.8. The predicted octanol–water partition coefficient (Wildman–Crippen LogP) is -3.26. The minimum Gasteiger partial charge on any atom is -0.391 e. The Labute approximate surface area is 169 Å². The topological polar surface area (TPSA) is 179 Å². The number of carbonyl (C=O) groups excluding carboxylic acids is 4. The lowest BCUT2D eigenvalue weighted by atomic mass is 10.1. The predicted molar refractivity (Wildman–Crippen MR) is 102 cm³/mol. The number of aliphatic hydroxyl groups excluding tert-OH is 2. The van der Waals surface area contributed by atoms with Crippen molar-refractivity contribution in [1.82, 2.24) is 15.1 Å². The second-order valence-corrected chi connectivity index (χ2v) is 7.94. The van der Waals surface area contributed by atoms with E-state index in [4.69, 9.17) is 11.5 Å². The highest BCUT2D eigenvalue weighted by molar-refractivity contribution is 5.89. The van der Waals surface area contributed by atoms with Gasteiger partial charge in [-0.15, -0.1) is 0 Å². The maximum absolute atomic E-state index is 12.8. The standard InChI is InChI=1S/C18H31N5O6/c1-9(24)13(19)18(29)23-6-4-12(8-23)17(28)22-5-3-11(7-22)16(27)21-14(10(2)25)15(20)26/h9-14,24-25H,3-8,19H2,1-2H3,(H2,20,26)(H,21,27)/t9-,10-,11-,12-,13+,14+/m1/s1. The second kappa shape index (κ2) is 9.51. The van der Waals surface area contributed by atoms with Crippen molar-refractivity contribution in [3.8, 4) is 0 Å². The van der Waals surface area contributed by atoms with Crippen LogP contribution >= 0.6 is 0 Å². The maximum atomic E-state index is 12.8. The maximum Gasteiger partial charge on any atom is 0.242 e. The molecule has 29 heavy (non-hydrogen) atoms. The Morgan fingerprint density at radius 3 is 2.07 bits per heavy atom. The number of nitrogens with zero attached hydrogens (tertiary/aromatic N) is 2. The monoisotopic (exact) mass is 413 g/mol. The fourth-order valence-electron chi connectivity index (χ4n) is 3.71. The summed E-state index contributed by atoms with van der Waals surface area (Å²) in [4.78, 5) is 51.8. The third-order valence-electron chi connectivity index (χ3n) is 5.61. The summed E-state index contributed by atoms with van der Waals surface area (Å²) in [6, 6.07) is -2.20. The molecule has 0 aromatic heterocycles. The number of rotatable bonds is 7. The quantitative estimate of drug-likeness (QED) is 0.290. The van der Waals surface area contributed by atoms with Crippen molar-refractivity contribution in [2.24, 2.45) is 23.3 Å². The molecule has 0 aromatic rings. The van der Waals surface area contributed by atoms with Crippen LogP contribution in [0, 0.1) is 11.8 Å². The molecular weight excluding hydrogens is 382 g/mol. The lowest BCUT2D eigenvalue weighted by molar-refractivity contribution is -0.136. The highest BCUT2D eigenvalue weighted by atomic mass is 16.3. The number of nitrogens with two attached hydrogens (primary N) is 2. The van der Waals surface area contributed by atoms with E-state index in [-0.39, 0.29) is 30.8 Å². The zero-order chi connectivity index (χ0) is 21.9. The van der Waals surface area contributed by atoms with Gasteiger partial charge in [0.2, 0.25) is 23.6 Å². The van der Waals surface area contributed by atoms with Crippen LogP contribution in [-0.2, 0) is 19.2 Å². The Bertz CT molecular complexity index is 655. The normalized spacial score (nSPS) is 26.0. The molecule has 164 valence electrons. The molecule has 2 aliphatic heterocycles. The fraction of sp³-hybridized carbons (Fsp3) is 0.778. The number of likely N-dealkylation sites (tertiary alicyclic amines) is 2. The second-order valence-electron chi connectivity index (χ2n) is 7.94. The summed E-state index contributed by atoms with van der Waals surface area (Å²) >= 11 is 0. The minimum absolute atomic E-state index is 0.136. The molecule has 4 amide bonds. The highest BCUT2D eigenvalue weighted by Crippen LogP contribution is 2.24. The molecule has 0 aliphatic carbocycles. The van der Waals surface area contributed by atoms with Gasteiger partial charge in [0, 0.05) is 26.2 Å². The molecule has 0 saturated carbocycles. The van der Waals surface area contributed by atoms with Crippen LogP contribution in [0.4, 0.5) is 0 Å². The van der Waals surface area contributed by atoms with Crippen molar-refractivity contribution in [2.45, 2.75) is 51.0 Å². The third kappa shape index (κ3) is 5.43. The van der Waals surface area contributed by atoms with E-state index in [0.717, 1.165) is 0 Å². The number of amides is 4. The van der Waals surface area contributed by atoms with Gasteiger partial charge < -0.3 is 36.8 Å². The van der Waals surface area contributed by atoms with Crippen molar-refractivity contribution < 1.29 is 29.4 Å². The lowest BCUT2D eigenvalue weighted by Crippen LogP contribution is -2.52. The van der Waals surface area contributed by atoms with E-state index in [9.17, 15) is 29.4 Å². The van der Waals surface area contributed by atoms with Crippen LogP contribution in [0.15, 0.2) is 0 Å².